The molecule has 2 saturated heterocycles. The van der Waals surface area contributed by atoms with Gasteiger partial charge in [-0.05, 0) is 45.0 Å². The van der Waals surface area contributed by atoms with E-state index in [9.17, 15) is 13.2 Å². The van der Waals surface area contributed by atoms with Crippen molar-refractivity contribution >= 4 is 15.9 Å². The summed E-state index contributed by atoms with van der Waals surface area (Å²) >= 11 is 0. The van der Waals surface area contributed by atoms with E-state index in [0.29, 0.717) is 31.7 Å². The van der Waals surface area contributed by atoms with E-state index in [-0.39, 0.29) is 23.0 Å². The Labute approximate surface area is 155 Å². The van der Waals surface area contributed by atoms with Crippen LogP contribution in [-0.2, 0) is 14.8 Å². The molecule has 1 aromatic carbocycles. The van der Waals surface area contributed by atoms with E-state index < -0.39 is 10.0 Å². The number of ether oxygens (including phenoxy) is 1. The lowest BCUT2D eigenvalue weighted by molar-refractivity contribution is -0.0440. The highest BCUT2D eigenvalue weighted by Gasteiger charge is 2.32. The summed E-state index contributed by atoms with van der Waals surface area (Å²) < 4.78 is 33.1. The van der Waals surface area contributed by atoms with Crippen LogP contribution in [0, 0.1) is 0 Å². The van der Waals surface area contributed by atoms with E-state index >= 15 is 0 Å². The lowest BCUT2D eigenvalue weighted by atomic mass is 10.2. The van der Waals surface area contributed by atoms with Crippen LogP contribution in [0.5, 0.6) is 0 Å². The van der Waals surface area contributed by atoms with E-state index in [0.717, 1.165) is 19.5 Å². The first-order valence-electron chi connectivity index (χ1n) is 9.13. The maximum atomic E-state index is 13.0. The number of morpholine rings is 1. The standard InChI is InChI=1S/C18H27N3O4S/c1-14-12-21(13-15(2)25-14)26(23,24)17-6-3-5-16(11-17)18(22)20-9-4-7-19-8-10-20/h3,5-6,11,14-15,19H,4,7-10,12-13H2,1-2H3. The normalized spacial score (nSPS) is 25.7. The van der Waals surface area contributed by atoms with Crippen LogP contribution in [0.25, 0.3) is 0 Å². The van der Waals surface area contributed by atoms with Crippen molar-refractivity contribution < 1.29 is 17.9 Å². The van der Waals surface area contributed by atoms with Crippen LogP contribution in [0.2, 0.25) is 0 Å². The average Bonchev–Trinajstić information content (AvgIpc) is 2.90. The fraction of sp³-hybridized carbons (Fsp3) is 0.611. The highest BCUT2D eigenvalue weighted by molar-refractivity contribution is 7.89. The maximum Gasteiger partial charge on any atom is 0.253 e. The number of carbonyl (C=O) groups excluding carboxylic acids is 1. The zero-order valence-corrected chi connectivity index (χ0v) is 16.2. The quantitative estimate of drug-likeness (QED) is 0.842. The summed E-state index contributed by atoms with van der Waals surface area (Å²) in [7, 11) is -3.65. The summed E-state index contributed by atoms with van der Waals surface area (Å²) in [5.41, 5.74) is 0.419. The molecule has 3 rings (SSSR count). The molecule has 1 aromatic rings. The Kier molecular flexibility index (Phi) is 5.96. The Morgan fingerprint density at radius 1 is 1.15 bits per heavy atom. The molecule has 144 valence electrons. The smallest absolute Gasteiger partial charge is 0.253 e. The van der Waals surface area contributed by atoms with Crippen molar-refractivity contribution in [2.75, 3.05) is 39.3 Å². The molecule has 0 radical (unpaired) electrons. The Hall–Kier alpha value is -1.48. The van der Waals surface area contributed by atoms with Crippen molar-refractivity contribution in [2.24, 2.45) is 0 Å². The molecule has 1 amide bonds. The maximum absolute atomic E-state index is 13.0. The molecule has 7 nitrogen and oxygen atoms in total. The highest BCUT2D eigenvalue weighted by atomic mass is 32.2. The number of sulfonamides is 1. The summed E-state index contributed by atoms with van der Waals surface area (Å²) in [5.74, 6) is -0.116. The molecule has 2 atom stereocenters. The van der Waals surface area contributed by atoms with E-state index in [1.807, 2.05) is 13.8 Å². The molecule has 0 bridgehead atoms. The highest BCUT2D eigenvalue weighted by Crippen LogP contribution is 2.22. The Balaban J connectivity index is 1.82. The van der Waals surface area contributed by atoms with Gasteiger partial charge in [-0.15, -0.1) is 0 Å². The minimum Gasteiger partial charge on any atom is -0.373 e. The van der Waals surface area contributed by atoms with Crippen LogP contribution < -0.4 is 5.32 Å². The SMILES string of the molecule is CC1CN(S(=O)(=O)c2cccc(C(=O)N3CCCNCC3)c2)CC(C)O1. The fourth-order valence-electron chi connectivity index (χ4n) is 3.50. The summed E-state index contributed by atoms with van der Waals surface area (Å²) in [5, 5.41) is 3.26. The second-order valence-electron chi connectivity index (χ2n) is 7.00. The third kappa shape index (κ3) is 4.25. The van der Waals surface area contributed by atoms with Gasteiger partial charge in [0.05, 0.1) is 17.1 Å². The van der Waals surface area contributed by atoms with Crippen molar-refractivity contribution in [3.8, 4) is 0 Å². The number of carbonyl (C=O) groups is 1. The van der Waals surface area contributed by atoms with E-state index in [1.54, 1.807) is 23.1 Å². The molecule has 2 aliphatic heterocycles. The third-order valence-corrected chi connectivity index (χ3v) is 6.56. The van der Waals surface area contributed by atoms with Crippen LogP contribution in [0.15, 0.2) is 29.2 Å². The number of amides is 1. The average molecular weight is 381 g/mol. The third-order valence-electron chi connectivity index (χ3n) is 4.73. The van der Waals surface area contributed by atoms with Gasteiger partial charge in [-0.1, -0.05) is 6.07 Å². The molecule has 2 aliphatic rings. The number of rotatable bonds is 3. The number of hydrogen-bond donors (Lipinski definition) is 1. The van der Waals surface area contributed by atoms with Crippen molar-refractivity contribution in [2.45, 2.75) is 37.4 Å². The minimum atomic E-state index is -3.65. The monoisotopic (exact) mass is 381 g/mol. The minimum absolute atomic E-state index is 0.116. The largest absolute Gasteiger partial charge is 0.373 e. The van der Waals surface area contributed by atoms with Crippen LogP contribution in [0.4, 0.5) is 0 Å². The van der Waals surface area contributed by atoms with Gasteiger partial charge >= 0.3 is 0 Å². The first-order chi connectivity index (χ1) is 12.4. The summed E-state index contributed by atoms with van der Waals surface area (Å²) in [6, 6.07) is 6.38. The molecule has 2 fully saturated rings. The van der Waals surface area contributed by atoms with Crippen LogP contribution in [0.1, 0.15) is 30.6 Å². The zero-order chi connectivity index (χ0) is 18.7. The second kappa shape index (κ2) is 8.04. The summed E-state index contributed by atoms with van der Waals surface area (Å²) in [4.78, 5) is 14.7. The van der Waals surface area contributed by atoms with Gasteiger partial charge in [-0.3, -0.25) is 4.79 Å². The lowest BCUT2D eigenvalue weighted by Gasteiger charge is -2.34. The van der Waals surface area contributed by atoms with Crippen molar-refractivity contribution in [3.05, 3.63) is 29.8 Å². The number of hydrogen-bond acceptors (Lipinski definition) is 5. The number of nitrogens with zero attached hydrogens (tertiary/aromatic N) is 2. The zero-order valence-electron chi connectivity index (χ0n) is 15.3. The predicted molar refractivity (Wildman–Crippen MR) is 98.6 cm³/mol. The van der Waals surface area contributed by atoms with Gasteiger partial charge < -0.3 is 15.0 Å². The number of nitrogens with one attached hydrogen (secondary N) is 1. The molecule has 0 spiro atoms. The second-order valence-corrected chi connectivity index (χ2v) is 8.94. The molecule has 0 aromatic heterocycles. The first-order valence-corrected chi connectivity index (χ1v) is 10.6. The predicted octanol–water partition coefficient (Wildman–Crippen LogP) is 0.920. The van der Waals surface area contributed by atoms with Gasteiger partial charge in [-0.25, -0.2) is 8.42 Å². The molecular weight excluding hydrogens is 354 g/mol. The van der Waals surface area contributed by atoms with Crippen molar-refractivity contribution in [1.82, 2.24) is 14.5 Å². The van der Waals surface area contributed by atoms with Gasteiger partial charge in [0, 0.05) is 38.3 Å². The van der Waals surface area contributed by atoms with Gasteiger partial charge in [0.15, 0.2) is 0 Å². The molecule has 0 aliphatic carbocycles. The molecule has 1 N–H and O–H groups in total. The van der Waals surface area contributed by atoms with Crippen molar-refractivity contribution in [3.63, 3.8) is 0 Å². The molecule has 8 heteroatoms. The van der Waals surface area contributed by atoms with Crippen LogP contribution >= 0.6 is 0 Å². The summed E-state index contributed by atoms with van der Waals surface area (Å²) in [6.45, 7) is 7.34. The van der Waals surface area contributed by atoms with Gasteiger partial charge in [0.25, 0.3) is 5.91 Å². The molecule has 2 unspecified atom stereocenters. The lowest BCUT2D eigenvalue weighted by Crippen LogP contribution is -2.48. The van der Waals surface area contributed by atoms with Crippen LogP contribution in [-0.4, -0.2) is 75.0 Å². The van der Waals surface area contributed by atoms with E-state index in [2.05, 4.69) is 5.32 Å². The molecule has 26 heavy (non-hydrogen) atoms. The summed E-state index contributed by atoms with van der Waals surface area (Å²) in [6.07, 6.45) is 0.596. The molecule has 0 saturated carbocycles. The van der Waals surface area contributed by atoms with Gasteiger partial charge in [0.1, 0.15) is 0 Å². The number of benzene rings is 1. The van der Waals surface area contributed by atoms with E-state index in [4.69, 9.17) is 4.74 Å². The fourth-order valence-corrected chi connectivity index (χ4v) is 5.13. The first kappa shape index (κ1) is 19.3. The topological polar surface area (TPSA) is 79.0 Å². The van der Waals surface area contributed by atoms with E-state index in [1.165, 1.54) is 10.4 Å². The Morgan fingerprint density at radius 2 is 1.88 bits per heavy atom. The molecule has 2 heterocycles. The Bertz CT molecular complexity index is 735. The van der Waals surface area contributed by atoms with Crippen molar-refractivity contribution in [1.29, 1.82) is 0 Å². The molecular formula is C18H27N3O4S. The Morgan fingerprint density at radius 3 is 2.62 bits per heavy atom. The van der Waals surface area contributed by atoms with Gasteiger partial charge in [0.2, 0.25) is 10.0 Å². The van der Waals surface area contributed by atoms with Crippen LogP contribution in [0.3, 0.4) is 0 Å². The van der Waals surface area contributed by atoms with Gasteiger partial charge in [-0.2, -0.15) is 4.31 Å².